The van der Waals surface area contributed by atoms with Crippen LogP contribution in [0.4, 0.5) is 17.1 Å². The fourth-order valence-corrected chi connectivity index (χ4v) is 3.62. The van der Waals surface area contributed by atoms with E-state index in [1.165, 1.54) is 12.1 Å². The molecule has 30 heavy (non-hydrogen) atoms. The number of hydrogen-bond acceptors (Lipinski definition) is 6. The number of non-ortho nitro benzene ring substituents is 1. The summed E-state index contributed by atoms with van der Waals surface area (Å²) in [7, 11) is 0. The third kappa shape index (κ3) is 4.76. The molecule has 1 saturated heterocycles. The molecule has 3 rings (SSSR count). The number of esters is 1. The molecule has 1 fully saturated rings. The lowest BCUT2D eigenvalue weighted by molar-refractivity contribution is -0.384. The number of hydrogen-bond donors (Lipinski definition) is 1. The van der Waals surface area contributed by atoms with Crippen LogP contribution < -0.4 is 10.2 Å². The maximum atomic E-state index is 12.7. The van der Waals surface area contributed by atoms with Gasteiger partial charge in [0.2, 0.25) is 0 Å². The molecule has 0 aliphatic carbocycles. The second-order valence-electron chi connectivity index (χ2n) is 7.24. The average Bonchev–Trinajstić information content (AvgIpc) is 3.27. The summed E-state index contributed by atoms with van der Waals surface area (Å²) >= 11 is 0. The van der Waals surface area contributed by atoms with Crippen molar-refractivity contribution < 1.29 is 19.2 Å². The molecule has 1 N–H and O–H groups in total. The van der Waals surface area contributed by atoms with Gasteiger partial charge in [0.25, 0.3) is 11.6 Å². The van der Waals surface area contributed by atoms with Crippen molar-refractivity contribution in [1.29, 1.82) is 0 Å². The van der Waals surface area contributed by atoms with Gasteiger partial charge in [-0.3, -0.25) is 14.9 Å². The van der Waals surface area contributed by atoms with Crippen LogP contribution in [0, 0.1) is 17.0 Å². The van der Waals surface area contributed by atoms with Crippen molar-refractivity contribution in [2.75, 3.05) is 29.9 Å². The number of carbonyl (C=O) groups excluding carboxylic acids is 2. The molecule has 0 spiro atoms. The highest BCUT2D eigenvalue weighted by molar-refractivity contribution is 5.99. The van der Waals surface area contributed by atoms with E-state index >= 15 is 0 Å². The van der Waals surface area contributed by atoms with Crippen molar-refractivity contribution in [1.82, 2.24) is 0 Å². The maximum absolute atomic E-state index is 12.7. The largest absolute Gasteiger partial charge is 0.452 e. The van der Waals surface area contributed by atoms with Gasteiger partial charge < -0.3 is 15.0 Å². The molecule has 0 unspecified atom stereocenters. The second-order valence-corrected chi connectivity index (χ2v) is 7.24. The molecule has 1 aliphatic rings. The molecular formula is C22H25N3O5. The molecule has 0 saturated carbocycles. The Kier molecular flexibility index (Phi) is 6.66. The van der Waals surface area contributed by atoms with E-state index in [-0.39, 0.29) is 11.3 Å². The Balaban J connectivity index is 1.73. The van der Waals surface area contributed by atoms with Crippen LogP contribution in [0.3, 0.4) is 0 Å². The third-order valence-electron chi connectivity index (χ3n) is 5.20. The lowest BCUT2D eigenvalue weighted by Gasteiger charge is -2.20. The normalized spacial score (nSPS) is 13.2. The van der Waals surface area contributed by atoms with E-state index < -0.39 is 23.4 Å². The van der Waals surface area contributed by atoms with Gasteiger partial charge in [-0.1, -0.05) is 25.1 Å². The lowest BCUT2D eigenvalue weighted by Crippen LogP contribution is -2.24. The number of nitrogens with zero attached hydrogens (tertiary/aromatic N) is 2. The number of anilines is 2. The Morgan fingerprint density at radius 3 is 2.60 bits per heavy atom. The van der Waals surface area contributed by atoms with Crippen molar-refractivity contribution in [2.24, 2.45) is 0 Å². The van der Waals surface area contributed by atoms with Crippen LogP contribution in [-0.4, -0.2) is 36.5 Å². The number of nitro groups is 1. The first-order valence-electron chi connectivity index (χ1n) is 9.99. The van der Waals surface area contributed by atoms with E-state index in [0.717, 1.165) is 43.5 Å². The van der Waals surface area contributed by atoms with Crippen LogP contribution in [0.25, 0.3) is 0 Å². The zero-order valence-corrected chi connectivity index (χ0v) is 17.1. The van der Waals surface area contributed by atoms with Crippen LogP contribution >= 0.6 is 0 Å². The molecule has 0 bridgehead atoms. The summed E-state index contributed by atoms with van der Waals surface area (Å²) < 4.78 is 5.21. The van der Waals surface area contributed by atoms with E-state index in [9.17, 15) is 19.7 Å². The highest BCUT2D eigenvalue weighted by Crippen LogP contribution is 2.29. The number of para-hydroxylation sites is 1. The van der Waals surface area contributed by atoms with Crippen molar-refractivity contribution in [3.05, 3.63) is 63.2 Å². The summed E-state index contributed by atoms with van der Waals surface area (Å²) in [5, 5.41) is 13.9. The van der Waals surface area contributed by atoms with Crippen LogP contribution in [0.5, 0.6) is 0 Å². The van der Waals surface area contributed by atoms with Gasteiger partial charge in [0, 0.05) is 30.9 Å². The molecule has 0 aromatic heterocycles. The molecule has 158 valence electrons. The Morgan fingerprint density at radius 2 is 1.93 bits per heavy atom. The number of carbonyl (C=O) groups is 2. The van der Waals surface area contributed by atoms with Crippen LogP contribution in [0.2, 0.25) is 0 Å². The standard InChI is InChI=1S/C22H25N3O5/c1-3-16-8-6-7-15(2)21(16)23-20(26)14-30-22(27)18-13-17(25(28)29)9-10-19(18)24-11-4-5-12-24/h6-10,13H,3-5,11-12,14H2,1-2H3,(H,23,26). The van der Waals surface area contributed by atoms with E-state index in [0.29, 0.717) is 11.4 Å². The zero-order valence-electron chi connectivity index (χ0n) is 17.1. The van der Waals surface area contributed by atoms with E-state index in [2.05, 4.69) is 5.32 Å². The number of amides is 1. The minimum atomic E-state index is -0.753. The molecule has 8 nitrogen and oxygen atoms in total. The van der Waals surface area contributed by atoms with Crippen LogP contribution in [0.1, 0.15) is 41.3 Å². The maximum Gasteiger partial charge on any atom is 0.341 e. The Morgan fingerprint density at radius 1 is 1.20 bits per heavy atom. The lowest BCUT2D eigenvalue weighted by atomic mass is 10.1. The van der Waals surface area contributed by atoms with Gasteiger partial charge in [0.05, 0.1) is 16.2 Å². The van der Waals surface area contributed by atoms with Crippen molar-refractivity contribution in [3.8, 4) is 0 Å². The Hall–Kier alpha value is -3.42. The molecule has 2 aromatic carbocycles. The van der Waals surface area contributed by atoms with E-state index in [4.69, 9.17) is 4.74 Å². The monoisotopic (exact) mass is 411 g/mol. The van der Waals surface area contributed by atoms with Gasteiger partial charge in [-0.2, -0.15) is 0 Å². The quantitative estimate of drug-likeness (QED) is 0.422. The first-order chi connectivity index (χ1) is 14.4. The number of nitro benzene ring substituents is 1. The molecule has 1 amide bonds. The first kappa shape index (κ1) is 21.3. The Bertz CT molecular complexity index is 967. The smallest absolute Gasteiger partial charge is 0.341 e. The van der Waals surface area contributed by atoms with Crippen molar-refractivity contribution >= 4 is 28.9 Å². The summed E-state index contributed by atoms with van der Waals surface area (Å²) in [4.78, 5) is 37.7. The van der Waals surface area contributed by atoms with Crippen LogP contribution in [-0.2, 0) is 16.0 Å². The fraction of sp³-hybridized carbons (Fsp3) is 0.364. The number of aryl methyl sites for hydroxylation is 2. The predicted octanol–water partition coefficient (Wildman–Crippen LogP) is 3.86. The van der Waals surface area contributed by atoms with Crippen molar-refractivity contribution in [3.63, 3.8) is 0 Å². The number of ether oxygens (including phenoxy) is 1. The first-order valence-corrected chi connectivity index (χ1v) is 9.99. The number of benzene rings is 2. The van der Waals surface area contributed by atoms with Gasteiger partial charge in [-0.05, 0) is 43.4 Å². The summed E-state index contributed by atoms with van der Waals surface area (Å²) in [6.07, 6.45) is 2.73. The summed E-state index contributed by atoms with van der Waals surface area (Å²) in [6, 6.07) is 9.91. The SMILES string of the molecule is CCc1cccc(C)c1NC(=O)COC(=O)c1cc([N+](=O)[O-])ccc1N1CCCC1. The third-order valence-corrected chi connectivity index (χ3v) is 5.20. The van der Waals surface area contributed by atoms with E-state index in [1.807, 2.05) is 36.9 Å². The van der Waals surface area contributed by atoms with E-state index in [1.54, 1.807) is 6.07 Å². The summed E-state index contributed by atoms with van der Waals surface area (Å²) in [5.74, 6) is -1.21. The second kappa shape index (κ2) is 9.39. The highest BCUT2D eigenvalue weighted by atomic mass is 16.6. The van der Waals surface area contributed by atoms with Gasteiger partial charge >= 0.3 is 5.97 Å². The topological polar surface area (TPSA) is 102 Å². The fourth-order valence-electron chi connectivity index (χ4n) is 3.62. The van der Waals surface area contributed by atoms with Gasteiger partial charge in [-0.25, -0.2) is 4.79 Å². The molecule has 0 radical (unpaired) electrons. The average molecular weight is 411 g/mol. The van der Waals surface area contributed by atoms with Gasteiger partial charge in [0.15, 0.2) is 6.61 Å². The van der Waals surface area contributed by atoms with Gasteiger partial charge in [0.1, 0.15) is 0 Å². The number of nitrogens with one attached hydrogen (secondary N) is 1. The Labute approximate surface area is 175 Å². The van der Waals surface area contributed by atoms with Gasteiger partial charge in [-0.15, -0.1) is 0 Å². The van der Waals surface area contributed by atoms with Crippen molar-refractivity contribution in [2.45, 2.75) is 33.1 Å². The minimum Gasteiger partial charge on any atom is -0.452 e. The summed E-state index contributed by atoms with van der Waals surface area (Å²) in [5.41, 5.74) is 3.13. The molecule has 8 heteroatoms. The molecular weight excluding hydrogens is 386 g/mol. The van der Waals surface area contributed by atoms with Crippen LogP contribution in [0.15, 0.2) is 36.4 Å². The number of rotatable bonds is 7. The predicted molar refractivity (Wildman–Crippen MR) is 114 cm³/mol. The molecule has 0 atom stereocenters. The minimum absolute atomic E-state index is 0.101. The summed E-state index contributed by atoms with van der Waals surface area (Å²) in [6.45, 7) is 4.95. The molecule has 2 aromatic rings. The highest BCUT2D eigenvalue weighted by Gasteiger charge is 2.24. The molecule has 1 heterocycles. The zero-order chi connectivity index (χ0) is 21.7. The molecule has 1 aliphatic heterocycles.